The van der Waals surface area contributed by atoms with Crippen LogP contribution in [0.1, 0.15) is 0 Å². The van der Waals surface area contributed by atoms with E-state index in [9.17, 15) is 18.0 Å². The highest BCUT2D eigenvalue weighted by Gasteiger charge is 2.32. The van der Waals surface area contributed by atoms with Crippen molar-refractivity contribution in [3.63, 3.8) is 0 Å². The molecule has 0 unspecified atom stereocenters. The predicted octanol–water partition coefficient (Wildman–Crippen LogP) is 4.33. The third-order valence-corrected chi connectivity index (χ3v) is 3.78. The number of pyridine rings is 1. The highest BCUT2D eigenvalue weighted by molar-refractivity contribution is 6.32. The van der Waals surface area contributed by atoms with Gasteiger partial charge in [-0.25, -0.2) is 4.98 Å². The van der Waals surface area contributed by atoms with Gasteiger partial charge in [0, 0.05) is 18.0 Å². The van der Waals surface area contributed by atoms with Gasteiger partial charge >= 0.3 is 12.3 Å². The number of carboxylic acid groups (broad SMARTS) is 1. The van der Waals surface area contributed by atoms with Crippen LogP contribution in [-0.2, 0) is 4.79 Å². The molecule has 0 spiro atoms. The van der Waals surface area contributed by atoms with Gasteiger partial charge in [0.2, 0.25) is 5.95 Å². The van der Waals surface area contributed by atoms with Crippen LogP contribution in [0.5, 0.6) is 5.75 Å². The van der Waals surface area contributed by atoms with Crippen LogP contribution < -0.4 is 15.4 Å². The number of rotatable bonds is 7. The summed E-state index contributed by atoms with van der Waals surface area (Å²) in [6.45, 7) is -0.416. The Bertz CT molecular complexity index is 1050. The van der Waals surface area contributed by atoms with Crippen molar-refractivity contribution in [2.24, 2.45) is 0 Å². The number of aliphatic carboxylic acids is 1. The second-order valence-corrected chi connectivity index (χ2v) is 6.15. The molecule has 2 aromatic heterocycles. The molecule has 3 N–H and O–H groups in total. The van der Waals surface area contributed by atoms with Crippen molar-refractivity contribution < 1.29 is 27.8 Å². The van der Waals surface area contributed by atoms with Gasteiger partial charge in [-0.15, -0.1) is 13.2 Å². The zero-order valence-corrected chi connectivity index (χ0v) is 15.7. The largest absolute Gasteiger partial charge is 0.573 e. The van der Waals surface area contributed by atoms with Crippen molar-refractivity contribution in [2.75, 3.05) is 17.2 Å². The highest BCUT2D eigenvalue weighted by atomic mass is 35.5. The van der Waals surface area contributed by atoms with E-state index >= 15 is 0 Å². The maximum absolute atomic E-state index is 12.4. The lowest BCUT2D eigenvalue weighted by molar-refractivity contribution is -0.274. The number of ether oxygens (including phenoxy) is 1. The lowest BCUT2D eigenvalue weighted by Crippen LogP contribution is -2.17. The van der Waals surface area contributed by atoms with Crippen LogP contribution in [0.3, 0.4) is 0 Å². The second kappa shape index (κ2) is 8.82. The summed E-state index contributed by atoms with van der Waals surface area (Å²) in [5.41, 5.74) is 1.22. The Morgan fingerprint density at radius 3 is 2.57 bits per heavy atom. The van der Waals surface area contributed by atoms with Crippen LogP contribution in [0, 0.1) is 0 Å². The fourth-order valence-corrected chi connectivity index (χ4v) is 2.54. The van der Waals surface area contributed by atoms with E-state index in [1.165, 1.54) is 12.1 Å². The topological polar surface area (TPSA) is 109 Å². The van der Waals surface area contributed by atoms with Crippen LogP contribution in [-0.4, -0.2) is 38.9 Å². The molecule has 0 saturated carbocycles. The summed E-state index contributed by atoms with van der Waals surface area (Å²) < 4.78 is 41.0. The molecule has 0 atom stereocenters. The van der Waals surface area contributed by atoms with Gasteiger partial charge in [-0.1, -0.05) is 17.7 Å². The fourth-order valence-electron chi connectivity index (χ4n) is 2.32. The summed E-state index contributed by atoms with van der Waals surface area (Å²) in [6, 6.07) is 10.3. The van der Waals surface area contributed by atoms with E-state index < -0.39 is 24.6 Å². The summed E-state index contributed by atoms with van der Waals surface area (Å²) in [4.78, 5) is 23.4. The molecule has 2 heterocycles. The van der Waals surface area contributed by atoms with Crippen molar-refractivity contribution >= 4 is 35.0 Å². The molecule has 0 aliphatic rings. The first-order valence-corrected chi connectivity index (χ1v) is 8.66. The molecule has 0 bridgehead atoms. The Kier molecular flexibility index (Phi) is 6.21. The van der Waals surface area contributed by atoms with E-state index in [0.29, 0.717) is 17.1 Å². The Balaban J connectivity index is 1.90. The number of halogens is 4. The van der Waals surface area contributed by atoms with Gasteiger partial charge in [-0.05, 0) is 30.3 Å². The molecule has 8 nitrogen and oxygen atoms in total. The molecule has 12 heteroatoms. The Labute approximate surface area is 172 Å². The third-order valence-electron chi connectivity index (χ3n) is 3.48. The zero-order chi connectivity index (χ0) is 21.7. The van der Waals surface area contributed by atoms with E-state index in [1.54, 1.807) is 30.5 Å². The van der Waals surface area contributed by atoms with Gasteiger partial charge < -0.3 is 20.5 Å². The van der Waals surface area contributed by atoms with Crippen molar-refractivity contribution in [2.45, 2.75) is 6.36 Å². The van der Waals surface area contributed by atoms with E-state index in [2.05, 4.69) is 30.3 Å². The SMILES string of the molecule is O=C(O)CNc1nc(Nc2ccc(OC(F)(F)F)c(Cl)c2)cc(-c2ccccn2)n1. The minimum Gasteiger partial charge on any atom is -0.480 e. The van der Waals surface area contributed by atoms with Crippen molar-refractivity contribution in [1.82, 2.24) is 15.0 Å². The molecular formula is C18H13ClF3N5O3. The summed E-state index contributed by atoms with van der Waals surface area (Å²) in [5.74, 6) is -1.40. The summed E-state index contributed by atoms with van der Waals surface area (Å²) >= 11 is 5.86. The fraction of sp³-hybridized carbons (Fsp3) is 0.111. The molecule has 0 amide bonds. The second-order valence-electron chi connectivity index (χ2n) is 5.74. The minimum atomic E-state index is -4.87. The van der Waals surface area contributed by atoms with Crippen LogP contribution in [0.2, 0.25) is 5.02 Å². The molecule has 0 radical (unpaired) electrons. The molecule has 0 fully saturated rings. The summed E-state index contributed by atoms with van der Waals surface area (Å²) in [7, 11) is 0. The lowest BCUT2D eigenvalue weighted by Gasteiger charge is -2.13. The molecule has 3 rings (SSSR count). The normalized spacial score (nSPS) is 11.1. The summed E-state index contributed by atoms with van der Waals surface area (Å²) in [5, 5.41) is 14.0. The first-order chi connectivity index (χ1) is 14.2. The Morgan fingerprint density at radius 2 is 1.93 bits per heavy atom. The van der Waals surface area contributed by atoms with E-state index in [1.807, 2.05) is 0 Å². The quantitative estimate of drug-likeness (QED) is 0.499. The van der Waals surface area contributed by atoms with E-state index in [0.717, 1.165) is 6.07 Å². The lowest BCUT2D eigenvalue weighted by atomic mass is 10.2. The van der Waals surface area contributed by atoms with Gasteiger partial charge in [-0.3, -0.25) is 9.78 Å². The van der Waals surface area contributed by atoms with Gasteiger partial charge in [0.05, 0.1) is 16.4 Å². The molecule has 3 aromatic rings. The molecule has 0 aliphatic carbocycles. The number of nitrogens with zero attached hydrogens (tertiary/aromatic N) is 3. The maximum atomic E-state index is 12.4. The first-order valence-electron chi connectivity index (χ1n) is 8.28. The molecular weight excluding hydrogens is 427 g/mol. The number of anilines is 3. The maximum Gasteiger partial charge on any atom is 0.573 e. The average Bonchev–Trinajstić information content (AvgIpc) is 2.68. The van der Waals surface area contributed by atoms with Crippen LogP contribution in [0.15, 0.2) is 48.7 Å². The van der Waals surface area contributed by atoms with Gasteiger partial charge in [0.25, 0.3) is 0 Å². The van der Waals surface area contributed by atoms with E-state index in [-0.39, 0.29) is 16.8 Å². The number of benzene rings is 1. The number of nitrogens with one attached hydrogen (secondary N) is 2. The average molecular weight is 440 g/mol. The van der Waals surface area contributed by atoms with Crippen molar-refractivity contribution in [3.05, 3.63) is 53.7 Å². The first kappa shape index (κ1) is 21.1. The van der Waals surface area contributed by atoms with Crippen molar-refractivity contribution in [1.29, 1.82) is 0 Å². The molecule has 0 saturated heterocycles. The molecule has 156 valence electrons. The number of carboxylic acids is 1. The van der Waals surface area contributed by atoms with Crippen LogP contribution in [0.4, 0.5) is 30.6 Å². The Morgan fingerprint density at radius 1 is 1.13 bits per heavy atom. The zero-order valence-electron chi connectivity index (χ0n) is 14.9. The van der Waals surface area contributed by atoms with Gasteiger partial charge in [0.15, 0.2) is 0 Å². The van der Waals surface area contributed by atoms with Crippen LogP contribution >= 0.6 is 11.6 Å². The molecule has 0 aliphatic heterocycles. The summed E-state index contributed by atoms with van der Waals surface area (Å²) in [6.07, 6.45) is -3.30. The minimum absolute atomic E-state index is 0.0196. The number of alkyl halides is 3. The predicted molar refractivity (Wildman–Crippen MR) is 103 cm³/mol. The smallest absolute Gasteiger partial charge is 0.480 e. The monoisotopic (exact) mass is 439 g/mol. The van der Waals surface area contributed by atoms with Gasteiger partial charge in [0.1, 0.15) is 18.1 Å². The molecule has 1 aromatic carbocycles. The molecule has 30 heavy (non-hydrogen) atoms. The van der Waals surface area contributed by atoms with E-state index in [4.69, 9.17) is 16.7 Å². The standard InChI is InChI=1S/C18H13ClF3N5O3/c19-11-7-10(4-5-14(11)30-18(20,21)22)25-15-8-13(12-3-1-2-6-23-12)26-17(27-15)24-9-16(28)29/h1-8H,9H2,(H,28,29)(H2,24,25,26,27). The third kappa shape index (κ3) is 5.95. The number of aromatic nitrogens is 3. The Hall–Kier alpha value is -3.60. The number of carbonyl (C=O) groups is 1. The van der Waals surface area contributed by atoms with Gasteiger partial charge in [-0.2, -0.15) is 4.98 Å². The van der Waals surface area contributed by atoms with Crippen LogP contribution in [0.25, 0.3) is 11.4 Å². The highest BCUT2D eigenvalue weighted by Crippen LogP contribution is 2.33. The number of hydrogen-bond donors (Lipinski definition) is 3. The van der Waals surface area contributed by atoms with Crippen molar-refractivity contribution in [3.8, 4) is 17.1 Å². The number of hydrogen-bond acceptors (Lipinski definition) is 7.